The fourth-order valence-electron chi connectivity index (χ4n) is 2.31. The second-order valence-corrected chi connectivity index (χ2v) is 8.10. The lowest BCUT2D eigenvalue weighted by atomic mass is 9.78. The van der Waals surface area contributed by atoms with Crippen molar-refractivity contribution in [1.82, 2.24) is 0 Å². The number of rotatable bonds is 5. The molecule has 0 aliphatic heterocycles. The molecule has 0 unspecified atom stereocenters. The zero-order valence-corrected chi connectivity index (χ0v) is 17.9. The summed E-state index contributed by atoms with van der Waals surface area (Å²) in [7, 11) is -0.912. The Labute approximate surface area is 186 Å². The molecule has 27 heavy (non-hydrogen) atoms. The van der Waals surface area contributed by atoms with Crippen LogP contribution in [0.1, 0.15) is 0 Å². The third-order valence-electron chi connectivity index (χ3n) is 3.32. The second kappa shape index (κ2) is 9.04. The Morgan fingerprint density at radius 2 is 0.741 bits per heavy atom. The third-order valence-corrected chi connectivity index (χ3v) is 4.62. The van der Waals surface area contributed by atoms with Crippen LogP contribution in [-0.4, -0.2) is 7.12 Å². The lowest BCUT2D eigenvalue weighted by molar-refractivity contribution is 0.439. The molecule has 3 aromatic carbocycles. The molecule has 0 aromatic heterocycles. The molecule has 9 heteroatoms. The first kappa shape index (κ1) is 20.8. The van der Waals surface area contributed by atoms with Gasteiger partial charge in [-0.15, -0.1) is 0 Å². The van der Waals surface area contributed by atoms with E-state index in [2.05, 4.69) is 0 Å². The largest absolute Gasteiger partial charge is 0.632 e. The van der Waals surface area contributed by atoms with E-state index in [9.17, 15) is 0 Å². The van der Waals surface area contributed by atoms with Crippen molar-refractivity contribution in [2.24, 2.45) is 0 Å². The van der Waals surface area contributed by atoms with Crippen molar-refractivity contribution in [1.29, 1.82) is 0 Å². The lowest BCUT2D eigenvalue weighted by Crippen LogP contribution is -2.42. The first-order valence-electron chi connectivity index (χ1n) is 7.50. The summed E-state index contributed by atoms with van der Waals surface area (Å²) in [4.78, 5) is 0. The quantitative estimate of drug-likeness (QED) is 0.353. The monoisotopic (exact) mass is 478 g/mol. The Kier molecular flexibility index (Phi) is 6.96. The molecule has 0 aliphatic carbocycles. The van der Waals surface area contributed by atoms with Crippen LogP contribution in [0.3, 0.4) is 0 Å². The molecule has 3 rings (SSSR count). The van der Waals surface area contributed by atoms with Crippen LogP contribution in [0.5, 0.6) is 11.5 Å². The summed E-state index contributed by atoms with van der Waals surface area (Å²) in [6, 6.07) is 14.6. The van der Waals surface area contributed by atoms with E-state index < -0.39 is 7.12 Å². The van der Waals surface area contributed by atoms with Crippen LogP contribution in [0, 0.1) is 0 Å². The van der Waals surface area contributed by atoms with E-state index in [0.717, 1.165) is 0 Å². The molecule has 0 bridgehead atoms. The molecule has 2 nitrogen and oxygen atoms in total. The molecular formula is C18H9BCl6O2. The molecule has 0 atom stereocenters. The Hall–Kier alpha value is -0.935. The Morgan fingerprint density at radius 1 is 0.444 bits per heavy atom. The first-order valence-corrected chi connectivity index (χ1v) is 9.77. The first-order chi connectivity index (χ1) is 12.8. The highest BCUT2D eigenvalue weighted by atomic mass is 35.5. The van der Waals surface area contributed by atoms with Crippen LogP contribution in [-0.2, 0) is 0 Å². The van der Waals surface area contributed by atoms with E-state index in [-0.39, 0.29) is 0 Å². The van der Waals surface area contributed by atoms with E-state index in [1.165, 1.54) is 0 Å². The van der Waals surface area contributed by atoms with Gasteiger partial charge >= 0.3 is 7.12 Å². The Balaban J connectivity index is 1.99. The van der Waals surface area contributed by atoms with Gasteiger partial charge in [-0.1, -0.05) is 69.6 Å². The van der Waals surface area contributed by atoms with Crippen molar-refractivity contribution in [3.05, 3.63) is 84.7 Å². The predicted molar refractivity (Wildman–Crippen MR) is 116 cm³/mol. The summed E-state index contributed by atoms with van der Waals surface area (Å²) in [5, 5.41) is 2.56. The fraction of sp³-hybridized carbons (Fsp3) is 0. The minimum Gasteiger partial charge on any atom is -0.522 e. The zero-order chi connectivity index (χ0) is 19.6. The van der Waals surface area contributed by atoms with Crippen LogP contribution in [0.4, 0.5) is 0 Å². The van der Waals surface area contributed by atoms with E-state index in [4.69, 9.17) is 78.9 Å². The predicted octanol–water partition coefficient (Wildman–Crippen LogP) is 7.46. The number of hydrogen-bond acceptors (Lipinski definition) is 2. The summed E-state index contributed by atoms with van der Waals surface area (Å²) in [6.45, 7) is 0. The lowest BCUT2D eigenvalue weighted by Gasteiger charge is -2.18. The Bertz CT molecular complexity index is 868. The maximum atomic E-state index is 6.12. The minimum atomic E-state index is -0.912. The fourth-order valence-corrected chi connectivity index (χ4v) is 3.87. The molecule has 0 spiro atoms. The number of halogens is 6. The molecule has 138 valence electrons. The summed E-state index contributed by atoms with van der Waals surface area (Å²) >= 11 is 36.4. The van der Waals surface area contributed by atoms with Gasteiger partial charge < -0.3 is 9.31 Å². The van der Waals surface area contributed by atoms with Crippen LogP contribution in [0.15, 0.2) is 54.6 Å². The van der Waals surface area contributed by atoms with E-state index in [1.807, 2.05) is 0 Å². The van der Waals surface area contributed by atoms with Gasteiger partial charge in [0.1, 0.15) is 11.5 Å². The molecular weight excluding hydrogens is 472 g/mol. The smallest absolute Gasteiger partial charge is 0.522 e. The van der Waals surface area contributed by atoms with Gasteiger partial charge in [0, 0.05) is 35.6 Å². The van der Waals surface area contributed by atoms with Gasteiger partial charge in [-0.25, -0.2) is 0 Å². The van der Waals surface area contributed by atoms with Crippen molar-refractivity contribution >= 4 is 82.2 Å². The average Bonchev–Trinajstić information content (AvgIpc) is 2.51. The second-order valence-electron chi connectivity index (χ2n) is 5.48. The van der Waals surface area contributed by atoms with Crippen molar-refractivity contribution in [2.45, 2.75) is 0 Å². The zero-order valence-electron chi connectivity index (χ0n) is 13.4. The standard InChI is InChI=1S/C18H9BCl6O2/c20-11-1-10(2-12(21)3-11)19(26-17-6-13(22)4-14(23)7-17)27-18-8-15(24)5-16(25)9-18/h1-9H. The highest BCUT2D eigenvalue weighted by molar-refractivity contribution is 6.63. The maximum Gasteiger partial charge on any atom is 0.632 e. The average molecular weight is 481 g/mol. The third kappa shape index (κ3) is 6.02. The van der Waals surface area contributed by atoms with Gasteiger partial charge in [0.2, 0.25) is 0 Å². The summed E-state index contributed by atoms with van der Waals surface area (Å²) < 4.78 is 11.9. The van der Waals surface area contributed by atoms with Crippen LogP contribution in [0.25, 0.3) is 0 Å². The normalized spacial score (nSPS) is 10.6. The highest BCUT2D eigenvalue weighted by Crippen LogP contribution is 2.27. The van der Waals surface area contributed by atoms with Crippen molar-refractivity contribution in [3.8, 4) is 11.5 Å². The molecule has 0 heterocycles. The van der Waals surface area contributed by atoms with Gasteiger partial charge in [-0.3, -0.25) is 0 Å². The molecule has 3 aromatic rings. The van der Waals surface area contributed by atoms with E-state index in [1.54, 1.807) is 54.6 Å². The van der Waals surface area contributed by atoms with Gasteiger partial charge in [0.05, 0.1) is 0 Å². The molecule has 0 fully saturated rings. The SMILES string of the molecule is Clc1cc(Cl)cc(OB(Oc2cc(Cl)cc(Cl)c2)c2cc(Cl)cc(Cl)c2)c1. The van der Waals surface area contributed by atoms with Crippen molar-refractivity contribution in [3.63, 3.8) is 0 Å². The summed E-state index contributed by atoms with van der Waals surface area (Å²) in [5.74, 6) is 0.809. The molecule has 0 saturated heterocycles. The molecule has 0 aliphatic rings. The van der Waals surface area contributed by atoms with Gasteiger partial charge in [-0.05, 0) is 54.6 Å². The number of hydrogen-bond donors (Lipinski definition) is 0. The van der Waals surface area contributed by atoms with Crippen LogP contribution < -0.4 is 14.8 Å². The van der Waals surface area contributed by atoms with Crippen molar-refractivity contribution < 1.29 is 9.31 Å². The molecule has 0 amide bonds. The highest BCUT2D eigenvalue weighted by Gasteiger charge is 2.28. The van der Waals surface area contributed by atoms with Crippen LogP contribution >= 0.6 is 69.6 Å². The molecule has 0 N–H and O–H groups in total. The Morgan fingerprint density at radius 3 is 1.07 bits per heavy atom. The molecule has 0 saturated carbocycles. The number of benzene rings is 3. The van der Waals surface area contributed by atoms with E-state index in [0.29, 0.717) is 47.1 Å². The summed E-state index contributed by atoms with van der Waals surface area (Å²) in [5.41, 5.74) is 0.583. The van der Waals surface area contributed by atoms with Gasteiger partial charge in [-0.2, -0.15) is 0 Å². The van der Waals surface area contributed by atoms with Crippen LogP contribution in [0.2, 0.25) is 30.1 Å². The van der Waals surface area contributed by atoms with E-state index >= 15 is 0 Å². The minimum absolute atomic E-state index is 0.404. The van der Waals surface area contributed by atoms with Crippen molar-refractivity contribution in [2.75, 3.05) is 0 Å². The molecule has 0 radical (unpaired) electrons. The maximum absolute atomic E-state index is 6.12. The topological polar surface area (TPSA) is 18.5 Å². The van der Waals surface area contributed by atoms with Gasteiger partial charge in [0.25, 0.3) is 0 Å². The van der Waals surface area contributed by atoms with Gasteiger partial charge in [0.15, 0.2) is 0 Å². The summed E-state index contributed by atoms with van der Waals surface area (Å²) in [6.07, 6.45) is 0.